The summed E-state index contributed by atoms with van der Waals surface area (Å²) in [4.78, 5) is 26.2. The van der Waals surface area contributed by atoms with Crippen LogP contribution in [0.25, 0.3) is 5.69 Å². The minimum Gasteiger partial charge on any atom is -0.313 e. The molecular weight excluding hydrogens is 304 g/mol. The fourth-order valence-electron chi connectivity index (χ4n) is 3.08. The second-order valence-electron chi connectivity index (χ2n) is 6.11. The SMILES string of the molecule is O=CNc1ccn(-c2ccc(CNC3CCCCC3)cc2)c(=O)n1. The van der Waals surface area contributed by atoms with Crippen molar-refractivity contribution in [3.8, 4) is 5.69 Å². The third kappa shape index (κ3) is 4.08. The van der Waals surface area contributed by atoms with E-state index in [0.29, 0.717) is 12.5 Å². The predicted molar refractivity (Wildman–Crippen MR) is 93.2 cm³/mol. The molecule has 0 saturated heterocycles. The molecule has 6 heteroatoms. The van der Waals surface area contributed by atoms with E-state index in [4.69, 9.17) is 0 Å². The summed E-state index contributed by atoms with van der Waals surface area (Å²) in [7, 11) is 0. The molecular formula is C18H22N4O2. The van der Waals surface area contributed by atoms with Gasteiger partial charge in [0.2, 0.25) is 6.41 Å². The maximum atomic E-state index is 12.0. The van der Waals surface area contributed by atoms with Crippen molar-refractivity contribution in [2.75, 3.05) is 5.32 Å². The van der Waals surface area contributed by atoms with Crippen LogP contribution in [0.4, 0.5) is 5.82 Å². The fraction of sp³-hybridized carbons (Fsp3) is 0.389. The van der Waals surface area contributed by atoms with Crippen molar-refractivity contribution in [2.24, 2.45) is 0 Å². The molecule has 0 radical (unpaired) electrons. The summed E-state index contributed by atoms with van der Waals surface area (Å²) in [6.45, 7) is 0.848. The standard InChI is InChI=1S/C18H22N4O2/c23-13-20-17-10-11-22(18(24)21-17)16-8-6-14(7-9-16)12-19-15-4-2-1-3-5-15/h6-11,13,15,19H,1-5,12H2,(H,20,21,23,24). The van der Waals surface area contributed by atoms with Gasteiger partial charge in [0, 0.05) is 18.8 Å². The summed E-state index contributed by atoms with van der Waals surface area (Å²) >= 11 is 0. The van der Waals surface area contributed by atoms with Gasteiger partial charge in [0.15, 0.2) is 0 Å². The molecule has 0 aliphatic heterocycles. The van der Waals surface area contributed by atoms with Crippen molar-refractivity contribution in [1.29, 1.82) is 0 Å². The zero-order valence-corrected chi connectivity index (χ0v) is 13.6. The molecule has 3 rings (SSSR count). The highest BCUT2D eigenvalue weighted by atomic mass is 16.1. The monoisotopic (exact) mass is 326 g/mol. The fourth-order valence-corrected chi connectivity index (χ4v) is 3.08. The molecule has 6 nitrogen and oxygen atoms in total. The normalized spacial score (nSPS) is 15.2. The quantitative estimate of drug-likeness (QED) is 0.798. The van der Waals surface area contributed by atoms with Gasteiger partial charge in [-0.3, -0.25) is 9.36 Å². The Labute approximate surface area is 140 Å². The largest absolute Gasteiger partial charge is 0.354 e. The third-order valence-electron chi connectivity index (χ3n) is 4.43. The van der Waals surface area contributed by atoms with Gasteiger partial charge >= 0.3 is 5.69 Å². The summed E-state index contributed by atoms with van der Waals surface area (Å²) < 4.78 is 1.45. The van der Waals surface area contributed by atoms with E-state index < -0.39 is 5.69 Å². The lowest BCUT2D eigenvalue weighted by Gasteiger charge is -2.22. The highest BCUT2D eigenvalue weighted by Gasteiger charge is 2.12. The molecule has 0 spiro atoms. The van der Waals surface area contributed by atoms with Gasteiger partial charge in [-0.05, 0) is 36.6 Å². The minimum atomic E-state index is -0.421. The topological polar surface area (TPSA) is 76.0 Å². The Hall–Kier alpha value is -2.47. The molecule has 2 N–H and O–H groups in total. The van der Waals surface area contributed by atoms with Gasteiger partial charge in [-0.25, -0.2) is 4.79 Å². The Morgan fingerprint density at radius 1 is 1.12 bits per heavy atom. The third-order valence-corrected chi connectivity index (χ3v) is 4.43. The number of amides is 1. The number of carbonyl (C=O) groups excluding carboxylic acids is 1. The highest BCUT2D eigenvalue weighted by Crippen LogP contribution is 2.18. The molecule has 1 aromatic carbocycles. The first-order valence-corrected chi connectivity index (χ1v) is 8.39. The van der Waals surface area contributed by atoms with Crippen LogP contribution in [0.1, 0.15) is 37.7 Å². The predicted octanol–water partition coefficient (Wildman–Crippen LogP) is 2.22. The summed E-state index contributed by atoms with van der Waals surface area (Å²) in [5.74, 6) is 0.250. The molecule has 0 unspecified atom stereocenters. The van der Waals surface area contributed by atoms with Gasteiger partial charge in [0.1, 0.15) is 5.82 Å². The van der Waals surface area contributed by atoms with Gasteiger partial charge in [-0.1, -0.05) is 31.4 Å². The lowest BCUT2D eigenvalue weighted by molar-refractivity contribution is -0.105. The molecule has 24 heavy (non-hydrogen) atoms. The lowest BCUT2D eigenvalue weighted by atomic mass is 9.95. The maximum Gasteiger partial charge on any atom is 0.354 e. The number of hydrogen-bond acceptors (Lipinski definition) is 4. The van der Waals surface area contributed by atoms with Crippen molar-refractivity contribution in [2.45, 2.75) is 44.7 Å². The van der Waals surface area contributed by atoms with Crippen LogP contribution in [0.3, 0.4) is 0 Å². The number of hydrogen-bond donors (Lipinski definition) is 2. The summed E-state index contributed by atoms with van der Waals surface area (Å²) in [6.07, 6.45) is 8.64. The van der Waals surface area contributed by atoms with E-state index in [1.807, 2.05) is 24.3 Å². The first-order chi connectivity index (χ1) is 11.8. The number of aromatic nitrogens is 2. The van der Waals surface area contributed by atoms with Crippen molar-refractivity contribution in [3.63, 3.8) is 0 Å². The van der Waals surface area contributed by atoms with Crippen LogP contribution < -0.4 is 16.3 Å². The Morgan fingerprint density at radius 3 is 2.54 bits per heavy atom. The van der Waals surface area contributed by atoms with Crippen LogP contribution in [0.5, 0.6) is 0 Å². The maximum absolute atomic E-state index is 12.0. The van der Waals surface area contributed by atoms with Gasteiger partial charge in [0.05, 0.1) is 5.69 Å². The Balaban J connectivity index is 1.65. The summed E-state index contributed by atoms with van der Waals surface area (Å²) in [5.41, 5.74) is 1.53. The minimum absolute atomic E-state index is 0.250. The molecule has 1 heterocycles. The highest BCUT2D eigenvalue weighted by molar-refractivity contribution is 5.68. The Bertz CT molecular complexity index is 733. The second-order valence-corrected chi connectivity index (χ2v) is 6.11. The number of carbonyl (C=O) groups is 1. The van der Waals surface area contributed by atoms with Gasteiger partial charge in [-0.15, -0.1) is 0 Å². The summed E-state index contributed by atoms with van der Waals surface area (Å²) in [6, 6.07) is 10.1. The van der Waals surface area contributed by atoms with E-state index in [-0.39, 0.29) is 5.82 Å². The smallest absolute Gasteiger partial charge is 0.313 e. The summed E-state index contributed by atoms with van der Waals surface area (Å²) in [5, 5.41) is 5.98. The molecule has 0 atom stereocenters. The van der Waals surface area contributed by atoms with E-state index in [9.17, 15) is 9.59 Å². The zero-order valence-electron chi connectivity index (χ0n) is 13.6. The average Bonchev–Trinajstić information content (AvgIpc) is 2.62. The molecule has 126 valence electrons. The Morgan fingerprint density at radius 2 is 1.88 bits per heavy atom. The number of rotatable bonds is 6. The van der Waals surface area contributed by atoms with Gasteiger partial charge < -0.3 is 10.6 Å². The molecule has 1 fully saturated rings. The van der Waals surface area contributed by atoms with Crippen molar-refractivity contribution >= 4 is 12.2 Å². The van der Waals surface area contributed by atoms with Crippen LogP contribution in [0.2, 0.25) is 0 Å². The van der Waals surface area contributed by atoms with Crippen LogP contribution in [-0.4, -0.2) is 22.0 Å². The van der Waals surface area contributed by atoms with E-state index in [1.165, 1.54) is 42.2 Å². The van der Waals surface area contributed by atoms with E-state index in [0.717, 1.165) is 12.2 Å². The van der Waals surface area contributed by atoms with Gasteiger partial charge in [0.25, 0.3) is 0 Å². The number of nitrogens with one attached hydrogen (secondary N) is 2. The number of nitrogens with zero attached hydrogens (tertiary/aromatic N) is 2. The molecule has 1 aromatic heterocycles. The lowest BCUT2D eigenvalue weighted by Crippen LogP contribution is -2.30. The molecule has 1 aliphatic rings. The number of anilines is 1. The van der Waals surface area contributed by atoms with E-state index >= 15 is 0 Å². The first-order valence-electron chi connectivity index (χ1n) is 8.39. The van der Waals surface area contributed by atoms with Crippen LogP contribution in [0, 0.1) is 0 Å². The molecule has 2 aromatic rings. The van der Waals surface area contributed by atoms with E-state index in [1.54, 1.807) is 12.3 Å². The average molecular weight is 326 g/mol. The van der Waals surface area contributed by atoms with Crippen molar-refractivity contribution in [3.05, 3.63) is 52.6 Å². The van der Waals surface area contributed by atoms with Crippen molar-refractivity contribution in [1.82, 2.24) is 14.9 Å². The van der Waals surface area contributed by atoms with Crippen LogP contribution in [0.15, 0.2) is 41.3 Å². The first kappa shape index (κ1) is 16.4. The molecule has 1 amide bonds. The molecule has 1 aliphatic carbocycles. The second kappa shape index (κ2) is 7.88. The van der Waals surface area contributed by atoms with Gasteiger partial charge in [-0.2, -0.15) is 4.98 Å². The number of benzene rings is 1. The molecule has 1 saturated carbocycles. The Kier molecular flexibility index (Phi) is 5.38. The zero-order chi connectivity index (χ0) is 16.8. The van der Waals surface area contributed by atoms with Crippen molar-refractivity contribution < 1.29 is 4.79 Å². The van der Waals surface area contributed by atoms with Crippen LogP contribution >= 0.6 is 0 Å². The molecule has 0 bridgehead atoms. The van der Waals surface area contributed by atoms with E-state index in [2.05, 4.69) is 15.6 Å². The van der Waals surface area contributed by atoms with Crippen LogP contribution in [-0.2, 0) is 11.3 Å².